The standard InChI is InChI=1S/C16H11ClN4O3/c17-12-5-1-2-6-13(12)19-10-11(9-18)16(22)20-14-7-3-4-8-15(14)21(23)24/h1-8,10,19H,(H,20,22)/b11-10-. The van der Waals surface area contributed by atoms with Crippen LogP contribution in [0, 0.1) is 21.4 Å². The summed E-state index contributed by atoms with van der Waals surface area (Å²) in [5.41, 5.74) is 0.00655. The highest BCUT2D eigenvalue weighted by atomic mass is 35.5. The van der Waals surface area contributed by atoms with Crippen molar-refractivity contribution in [2.45, 2.75) is 0 Å². The highest BCUT2D eigenvalue weighted by molar-refractivity contribution is 6.33. The SMILES string of the molecule is N#C/C(=C/Nc1ccccc1Cl)C(=O)Nc1ccccc1[N+](=O)[O-]. The number of carbonyl (C=O) groups is 1. The van der Waals surface area contributed by atoms with Gasteiger partial charge in [0, 0.05) is 12.3 Å². The number of nitro groups is 1. The number of nitro benzene ring substituents is 1. The summed E-state index contributed by atoms with van der Waals surface area (Å²) in [6, 6.07) is 14.2. The van der Waals surface area contributed by atoms with Crippen molar-refractivity contribution in [2.75, 3.05) is 10.6 Å². The van der Waals surface area contributed by atoms with Crippen molar-refractivity contribution in [1.82, 2.24) is 0 Å². The molecule has 2 aromatic rings. The van der Waals surface area contributed by atoms with Crippen LogP contribution >= 0.6 is 11.6 Å². The molecule has 2 aromatic carbocycles. The lowest BCUT2D eigenvalue weighted by atomic mass is 10.2. The molecule has 0 aliphatic heterocycles. The van der Waals surface area contributed by atoms with Gasteiger partial charge >= 0.3 is 0 Å². The van der Waals surface area contributed by atoms with E-state index in [-0.39, 0.29) is 16.9 Å². The van der Waals surface area contributed by atoms with E-state index in [0.717, 1.165) is 0 Å². The zero-order valence-corrected chi connectivity index (χ0v) is 12.9. The maximum Gasteiger partial charge on any atom is 0.292 e. The van der Waals surface area contributed by atoms with Crippen LogP contribution in [0.15, 0.2) is 60.3 Å². The molecule has 0 heterocycles. The van der Waals surface area contributed by atoms with Gasteiger partial charge in [0.25, 0.3) is 11.6 Å². The third-order valence-corrected chi connectivity index (χ3v) is 3.29. The minimum absolute atomic E-state index is 0.00592. The second-order valence-corrected chi connectivity index (χ2v) is 4.93. The first kappa shape index (κ1) is 17.0. The van der Waals surface area contributed by atoms with Crippen molar-refractivity contribution < 1.29 is 9.72 Å². The van der Waals surface area contributed by atoms with Crippen LogP contribution in [0.25, 0.3) is 0 Å². The smallest absolute Gasteiger partial charge is 0.292 e. The zero-order chi connectivity index (χ0) is 17.5. The number of nitrogens with zero attached hydrogens (tertiary/aromatic N) is 2. The van der Waals surface area contributed by atoms with Gasteiger partial charge in [0.2, 0.25) is 0 Å². The number of halogens is 1. The molecule has 0 spiro atoms. The number of hydrogen-bond acceptors (Lipinski definition) is 5. The lowest BCUT2D eigenvalue weighted by Gasteiger charge is -2.06. The number of amides is 1. The summed E-state index contributed by atoms with van der Waals surface area (Å²) in [6.07, 6.45) is 1.19. The van der Waals surface area contributed by atoms with Crippen LogP contribution in [0.3, 0.4) is 0 Å². The van der Waals surface area contributed by atoms with Crippen molar-refractivity contribution in [3.05, 3.63) is 75.4 Å². The Bertz CT molecular complexity index is 858. The molecule has 2 N–H and O–H groups in total. The summed E-state index contributed by atoms with van der Waals surface area (Å²) in [4.78, 5) is 22.4. The molecule has 0 aromatic heterocycles. The van der Waals surface area contributed by atoms with Gasteiger partial charge in [-0.25, -0.2) is 0 Å². The van der Waals surface area contributed by atoms with E-state index in [0.29, 0.717) is 10.7 Å². The van der Waals surface area contributed by atoms with Gasteiger partial charge in [-0.3, -0.25) is 14.9 Å². The quantitative estimate of drug-likeness (QED) is 0.372. The first-order valence-corrected chi connectivity index (χ1v) is 7.07. The summed E-state index contributed by atoms with van der Waals surface area (Å²) >= 11 is 5.97. The van der Waals surface area contributed by atoms with Crippen LogP contribution in [0.4, 0.5) is 17.1 Å². The number of hydrogen-bond donors (Lipinski definition) is 2. The number of para-hydroxylation sites is 3. The zero-order valence-electron chi connectivity index (χ0n) is 12.2. The molecule has 0 atom stereocenters. The third-order valence-electron chi connectivity index (χ3n) is 2.96. The van der Waals surface area contributed by atoms with Crippen molar-refractivity contribution in [2.24, 2.45) is 0 Å². The van der Waals surface area contributed by atoms with E-state index in [4.69, 9.17) is 16.9 Å². The Hall–Kier alpha value is -3.37. The van der Waals surface area contributed by atoms with Crippen LogP contribution in [0.1, 0.15) is 0 Å². The Balaban J connectivity index is 2.18. The minimum atomic E-state index is -0.772. The van der Waals surface area contributed by atoms with E-state index in [9.17, 15) is 14.9 Å². The predicted molar refractivity (Wildman–Crippen MR) is 90.5 cm³/mol. The maximum absolute atomic E-state index is 12.1. The first-order valence-electron chi connectivity index (χ1n) is 6.69. The molecule has 0 saturated carbocycles. The molecule has 120 valence electrons. The highest BCUT2D eigenvalue weighted by Crippen LogP contribution is 2.24. The van der Waals surface area contributed by atoms with Crippen LogP contribution in [-0.2, 0) is 4.79 Å². The molecule has 8 heteroatoms. The molecule has 0 unspecified atom stereocenters. The normalized spacial score (nSPS) is 10.6. The Morgan fingerprint density at radius 2 is 1.79 bits per heavy atom. The van der Waals surface area contributed by atoms with Gasteiger partial charge < -0.3 is 10.6 Å². The van der Waals surface area contributed by atoms with E-state index >= 15 is 0 Å². The molecule has 24 heavy (non-hydrogen) atoms. The molecule has 0 radical (unpaired) electrons. The fraction of sp³-hybridized carbons (Fsp3) is 0. The summed E-state index contributed by atoms with van der Waals surface area (Å²) in [6.45, 7) is 0. The van der Waals surface area contributed by atoms with Gasteiger partial charge in [-0.15, -0.1) is 0 Å². The number of nitriles is 1. The van der Waals surface area contributed by atoms with Gasteiger partial charge in [-0.1, -0.05) is 35.9 Å². The van der Waals surface area contributed by atoms with E-state index in [1.54, 1.807) is 36.4 Å². The summed E-state index contributed by atoms with van der Waals surface area (Å²) in [5, 5.41) is 25.6. The molecular formula is C16H11ClN4O3. The average molecular weight is 343 g/mol. The Labute approximate surface area is 142 Å². The minimum Gasteiger partial charge on any atom is -0.359 e. The van der Waals surface area contributed by atoms with E-state index in [1.807, 2.05) is 0 Å². The van der Waals surface area contributed by atoms with Crippen LogP contribution in [-0.4, -0.2) is 10.8 Å². The van der Waals surface area contributed by atoms with Crippen molar-refractivity contribution >= 4 is 34.6 Å². The average Bonchev–Trinajstić information content (AvgIpc) is 2.57. The highest BCUT2D eigenvalue weighted by Gasteiger charge is 2.17. The van der Waals surface area contributed by atoms with Gasteiger partial charge in [0.05, 0.1) is 15.6 Å². The monoisotopic (exact) mass is 342 g/mol. The van der Waals surface area contributed by atoms with Crippen molar-refractivity contribution in [1.29, 1.82) is 5.26 Å². The lowest BCUT2D eigenvalue weighted by molar-refractivity contribution is -0.383. The summed E-state index contributed by atoms with van der Waals surface area (Å²) in [7, 11) is 0. The Morgan fingerprint density at radius 1 is 1.17 bits per heavy atom. The maximum atomic E-state index is 12.1. The van der Waals surface area contributed by atoms with Gasteiger partial charge in [-0.05, 0) is 18.2 Å². The topological polar surface area (TPSA) is 108 Å². The number of anilines is 2. The Morgan fingerprint density at radius 3 is 2.42 bits per heavy atom. The fourth-order valence-corrected chi connectivity index (χ4v) is 2.00. The molecular weight excluding hydrogens is 332 g/mol. The Kier molecular flexibility index (Phi) is 5.49. The van der Waals surface area contributed by atoms with Gasteiger partial charge in [0.1, 0.15) is 17.3 Å². The molecule has 0 saturated heterocycles. The van der Waals surface area contributed by atoms with E-state index < -0.39 is 10.8 Å². The van der Waals surface area contributed by atoms with Crippen molar-refractivity contribution in [3.8, 4) is 6.07 Å². The molecule has 0 fully saturated rings. The molecule has 0 bridgehead atoms. The number of nitrogens with one attached hydrogen (secondary N) is 2. The molecule has 2 rings (SSSR count). The largest absolute Gasteiger partial charge is 0.359 e. The number of carbonyl (C=O) groups excluding carboxylic acids is 1. The molecule has 1 amide bonds. The molecule has 7 nitrogen and oxygen atoms in total. The van der Waals surface area contributed by atoms with Gasteiger partial charge in [-0.2, -0.15) is 5.26 Å². The van der Waals surface area contributed by atoms with Crippen LogP contribution < -0.4 is 10.6 Å². The van der Waals surface area contributed by atoms with Crippen LogP contribution in [0.5, 0.6) is 0 Å². The van der Waals surface area contributed by atoms with Crippen LogP contribution in [0.2, 0.25) is 5.02 Å². The third kappa shape index (κ3) is 4.09. The second-order valence-electron chi connectivity index (χ2n) is 4.52. The van der Waals surface area contributed by atoms with E-state index in [2.05, 4.69) is 10.6 Å². The molecule has 0 aliphatic rings. The van der Waals surface area contributed by atoms with Gasteiger partial charge in [0.15, 0.2) is 0 Å². The van der Waals surface area contributed by atoms with Crippen molar-refractivity contribution in [3.63, 3.8) is 0 Å². The van der Waals surface area contributed by atoms with E-state index in [1.165, 1.54) is 24.4 Å². The molecule has 0 aliphatic carbocycles. The number of benzene rings is 2. The first-order chi connectivity index (χ1) is 11.5. The summed E-state index contributed by atoms with van der Waals surface area (Å²) < 4.78 is 0. The lowest BCUT2D eigenvalue weighted by Crippen LogP contribution is -2.15. The summed E-state index contributed by atoms with van der Waals surface area (Å²) in [5.74, 6) is -0.772. The second kappa shape index (κ2) is 7.76. The fourth-order valence-electron chi connectivity index (χ4n) is 1.80. The number of rotatable bonds is 5. The predicted octanol–water partition coefficient (Wildman–Crippen LogP) is 3.71.